The molecule has 0 atom stereocenters. The Hall–Kier alpha value is -9.19. The molecule has 0 aliphatic rings. The molecule has 0 fully saturated rings. The quantitative estimate of drug-likeness (QED) is 0.153. The highest BCUT2D eigenvalue weighted by Gasteiger charge is 2.24. The maximum absolute atomic E-state index is 5.39. The first kappa shape index (κ1) is 39.2. The zero-order valence-corrected chi connectivity index (χ0v) is 36.9. The normalized spacial score (nSPS) is 11.5. The summed E-state index contributed by atoms with van der Waals surface area (Å²) in [5.74, 6) is 1.76. The Bertz CT molecular complexity index is 3970. The van der Waals surface area contributed by atoms with Crippen LogP contribution in [0.4, 0.5) is 0 Å². The van der Waals surface area contributed by atoms with Gasteiger partial charge in [0.15, 0.2) is 11.6 Å². The molecule has 10 aromatic carbocycles. The first-order valence-corrected chi connectivity index (χ1v) is 23.0. The Morgan fingerprint density at radius 1 is 0.235 bits per heavy atom. The smallest absolute Gasteiger partial charge is 0.238 e. The van der Waals surface area contributed by atoms with Gasteiger partial charge in [-0.05, 0) is 68.8 Å². The molecule has 13 aromatic rings. The first-order valence-electron chi connectivity index (χ1n) is 23.0. The van der Waals surface area contributed by atoms with Crippen molar-refractivity contribution in [2.45, 2.75) is 0 Å². The van der Waals surface area contributed by atoms with Crippen molar-refractivity contribution in [3.8, 4) is 78.9 Å². The Labute approximate surface area is 393 Å². The monoisotopic (exact) mass is 867 g/mol. The summed E-state index contributed by atoms with van der Waals surface area (Å²) >= 11 is 0. The van der Waals surface area contributed by atoms with E-state index in [1.54, 1.807) is 0 Å². The summed E-state index contributed by atoms with van der Waals surface area (Å²) in [6, 6.07) is 88.2. The molecule has 0 saturated carbocycles. The van der Waals surface area contributed by atoms with Crippen molar-refractivity contribution in [2.24, 2.45) is 0 Å². The Kier molecular flexibility index (Phi) is 9.43. The van der Waals surface area contributed by atoms with Crippen molar-refractivity contribution >= 4 is 43.6 Å². The van der Waals surface area contributed by atoms with Crippen molar-refractivity contribution in [1.82, 2.24) is 24.1 Å². The Morgan fingerprint density at radius 3 is 1.09 bits per heavy atom. The number of hydrogen-bond acceptors (Lipinski definition) is 3. The predicted octanol–water partition coefficient (Wildman–Crippen LogP) is 16.1. The standard InChI is InChI=1S/C63H41N5/c1-4-15-42(16-5-1)44-27-29-45(30-28-44)46-31-33-47(34-32-46)48-35-37-50(38-36-48)62-64-61(49-19-8-3-9-20-49)65-63(66-62)68-58-26-13-11-24-54(58)56-40-39-55-53-23-10-12-25-57(53)67(59(55)60(56)68)52-22-14-21-51(41-52)43-17-6-2-7-18-43/h1-41H. The van der Waals surface area contributed by atoms with Crippen LogP contribution >= 0.6 is 0 Å². The van der Waals surface area contributed by atoms with Crippen LogP contribution in [0.2, 0.25) is 0 Å². The first-order chi connectivity index (χ1) is 33.7. The summed E-state index contributed by atoms with van der Waals surface area (Å²) in [5, 5.41) is 4.59. The SMILES string of the molecule is c1ccc(-c2ccc(-c3ccc(-c4ccc(-c5nc(-c6ccccc6)nc(-n6c7ccccc7c7ccc8c9ccccc9n(-c9cccc(-c%10ccccc%10)c9)c8c76)n5)cc4)cc3)cc2)cc1. The predicted molar refractivity (Wildman–Crippen MR) is 281 cm³/mol. The fourth-order valence-corrected chi connectivity index (χ4v) is 9.89. The van der Waals surface area contributed by atoms with Crippen LogP contribution in [0.15, 0.2) is 249 Å². The lowest BCUT2D eigenvalue weighted by molar-refractivity contribution is 0.953. The molecule has 5 nitrogen and oxygen atoms in total. The van der Waals surface area contributed by atoms with E-state index < -0.39 is 0 Å². The van der Waals surface area contributed by atoms with Crippen molar-refractivity contribution in [1.29, 1.82) is 0 Å². The molecule has 0 saturated heterocycles. The fourth-order valence-electron chi connectivity index (χ4n) is 9.89. The number of fused-ring (bicyclic) bond motifs is 7. The van der Waals surface area contributed by atoms with Crippen LogP contribution in [-0.4, -0.2) is 24.1 Å². The molecule has 68 heavy (non-hydrogen) atoms. The van der Waals surface area contributed by atoms with E-state index in [-0.39, 0.29) is 0 Å². The van der Waals surface area contributed by atoms with Crippen molar-refractivity contribution in [3.05, 3.63) is 249 Å². The molecule has 0 N–H and O–H groups in total. The van der Waals surface area contributed by atoms with Gasteiger partial charge in [-0.3, -0.25) is 4.57 Å². The molecule has 0 bridgehead atoms. The summed E-state index contributed by atoms with van der Waals surface area (Å²) in [4.78, 5) is 15.9. The topological polar surface area (TPSA) is 48.5 Å². The minimum atomic E-state index is 0.555. The molecule has 3 aromatic heterocycles. The van der Waals surface area contributed by atoms with E-state index >= 15 is 0 Å². The van der Waals surface area contributed by atoms with Crippen molar-refractivity contribution in [3.63, 3.8) is 0 Å². The third-order valence-corrected chi connectivity index (χ3v) is 13.2. The molecule has 318 valence electrons. The molecule has 13 rings (SSSR count). The van der Waals surface area contributed by atoms with Gasteiger partial charge in [0, 0.05) is 38.4 Å². The van der Waals surface area contributed by atoms with Gasteiger partial charge in [0.25, 0.3) is 0 Å². The largest absolute Gasteiger partial charge is 0.307 e. The lowest BCUT2D eigenvalue weighted by Crippen LogP contribution is -2.07. The maximum Gasteiger partial charge on any atom is 0.238 e. The molecule has 5 heteroatoms. The van der Waals surface area contributed by atoms with Gasteiger partial charge >= 0.3 is 0 Å². The molecule has 0 amide bonds. The molecule has 0 aliphatic heterocycles. The number of para-hydroxylation sites is 2. The third-order valence-electron chi connectivity index (χ3n) is 13.2. The van der Waals surface area contributed by atoms with E-state index in [2.05, 4.69) is 240 Å². The summed E-state index contributed by atoms with van der Waals surface area (Å²) in [6.07, 6.45) is 0. The number of aromatic nitrogens is 5. The molecule has 0 unspecified atom stereocenters. The lowest BCUT2D eigenvalue weighted by atomic mass is 9.98. The highest BCUT2D eigenvalue weighted by Crippen LogP contribution is 2.42. The molecule has 0 spiro atoms. The van der Waals surface area contributed by atoms with E-state index in [1.165, 1.54) is 33.2 Å². The van der Waals surface area contributed by atoms with Crippen LogP contribution in [0.5, 0.6) is 0 Å². The molecule has 0 radical (unpaired) electrons. The summed E-state index contributed by atoms with van der Waals surface area (Å²) < 4.78 is 4.67. The fraction of sp³-hybridized carbons (Fsp3) is 0. The number of rotatable bonds is 8. The highest BCUT2D eigenvalue weighted by molar-refractivity contribution is 6.23. The van der Waals surface area contributed by atoms with Crippen LogP contribution in [0.1, 0.15) is 0 Å². The maximum atomic E-state index is 5.39. The van der Waals surface area contributed by atoms with Crippen LogP contribution in [0.3, 0.4) is 0 Å². The van der Waals surface area contributed by atoms with Gasteiger partial charge in [-0.2, -0.15) is 9.97 Å². The van der Waals surface area contributed by atoms with Crippen LogP contribution in [0, 0.1) is 0 Å². The van der Waals surface area contributed by atoms with E-state index in [0.717, 1.165) is 71.7 Å². The van der Waals surface area contributed by atoms with E-state index in [0.29, 0.717) is 17.6 Å². The molecule has 3 heterocycles. The van der Waals surface area contributed by atoms with E-state index in [9.17, 15) is 0 Å². The van der Waals surface area contributed by atoms with Gasteiger partial charge in [0.2, 0.25) is 5.95 Å². The second-order valence-electron chi connectivity index (χ2n) is 17.2. The second-order valence-corrected chi connectivity index (χ2v) is 17.2. The van der Waals surface area contributed by atoms with Gasteiger partial charge in [-0.1, -0.05) is 224 Å². The Morgan fingerprint density at radius 2 is 0.588 bits per heavy atom. The van der Waals surface area contributed by atoms with Gasteiger partial charge in [0.05, 0.1) is 22.1 Å². The summed E-state index contributed by atoms with van der Waals surface area (Å²) in [5.41, 5.74) is 16.6. The van der Waals surface area contributed by atoms with Gasteiger partial charge in [-0.25, -0.2) is 4.98 Å². The number of benzene rings is 10. The lowest BCUT2D eigenvalue weighted by Gasteiger charge is -2.14. The highest BCUT2D eigenvalue weighted by atomic mass is 15.2. The third kappa shape index (κ3) is 6.76. The molecule has 0 aliphatic carbocycles. The van der Waals surface area contributed by atoms with E-state index in [4.69, 9.17) is 15.0 Å². The Balaban J connectivity index is 0.956. The summed E-state index contributed by atoms with van der Waals surface area (Å²) in [6.45, 7) is 0. The molecular formula is C63H41N5. The second kappa shape index (κ2) is 16.4. The average Bonchev–Trinajstić information content (AvgIpc) is 3.95. The molecular weight excluding hydrogens is 827 g/mol. The summed E-state index contributed by atoms with van der Waals surface area (Å²) in [7, 11) is 0. The van der Waals surface area contributed by atoms with E-state index in [1.807, 2.05) is 18.2 Å². The number of hydrogen-bond donors (Lipinski definition) is 0. The number of nitrogens with zero attached hydrogens (tertiary/aromatic N) is 5. The minimum absolute atomic E-state index is 0.555. The van der Waals surface area contributed by atoms with Gasteiger partial charge in [0.1, 0.15) is 0 Å². The average molecular weight is 868 g/mol. The minimum Gasteiger partial charge on any atom is -0.307 e. The van der Waals surface area contributed by atoms with Crippen molar-refractivity contribution < 1.29 is 0 Å². The van der Waals surface area contributed by atoms with Gasteiger partial charge in [-0.15, -0.1) is 0 Å². The van der Waals surface area contributed by atoms with Gasteiger partial charge < -0.3 is 4.57 Å². The zero-order chi connectivity index (χ0) is 45.0. The van der Waals surface area contributed by atoms with Crippen LogP contribution < -0.4 is 0 Å². The van der Waals surface area contributed by atoms with Crippen LogP contribution in [0.25, 0.3) is 123 Å². The van der Waals surface area contributed by atoms with Crippen molar-refractivity contribution in [2.75, 3.05) is 0 Å². The zero-order valence-electron chi connectivity index (χ0n) is 36.9. The van der Waals surface area contributed by atoms with Crippen LogP contribution in [-0.2, 0) is 0 Å².